The molecule has 0 bridgehead atoms. The molecule has 1 aromatic rings. The summed E-state index contributed by atoms with van der Waals surface area (Å²) in [7, 11) is 0. The zero-order valence-electron chi connectivity index (χ0n) is 13.6. The Morgan fingerprint density at radius 3 is 2.65 bits per heavy atom. The van der Waals surface area contributed by atoms with Gasteiger partial charge in [-0.2, -0.15) is 0 Å². The fourth-order valence-corrected chi connectivity index (χ4v) is 4.59. The maximum Gasteiger partial charge on any atom is 0.323 e. The van der Waals surface area contributed by atoms with Gasteiger partial charge in [0, 0.05) is 23.4 Å². The largest absolute Gasteiger partial charge is 0.481 e. The Hall–Kier alpha value is -1.63. The number of hydrogen-bond donors (Lipinski definition) is 2. The molecular formula is C16H23N3O3S. The van der Waals surface area contributed by atoms with Crippen LogP contribution in [0.4, 0.5) is 9.93 Å². The van der Waals surface area contributed by atoms with Gasteiger partial charge in [0.2, 0.25) is 0 Å². The fourth-order valence-electron chi connectivity index (χ4n) is 3.41. The number of urea groups is 1. The van der Waals surface area contributed by atoms with Crippen LogP contribution in [-0.2, 0) is 16.6 Å². The van der Waals surface area contributed by atoms with E-state index in [0.29, 0.717) is 31.1 Å². The maximum absolute atomic E-state index is 12.4. The molecule has 0 aromatic carbocycles. The molecule has 0 unspecified atom stereocenters. The van der Waals surface area contributed by atoms with E-state index in [1.807, 2.05) is 0 Å². The normalized spacial score (nSPS) is 20.9. The molecule has 126 valence electrons. The highest BCUT2D eigenvalue weighted by atomic mass is 32.1. The molecule has 7 heteroatoms. The minimum Gasteiger partial charge on any atom is -0.481 e. The lowest BCUT2D eigenvalue weighted by Gasteiger charge is -2.29. The molecule has 0 saturated carbocycles. The van der Waals surface area contributed by atoms with Crippen LogP contribution in [0.25, 0.3) is 0 Å². The Balaban J connectivity index is 1.63. The van der Waals surface area contributed by atoms with Crippen LogP contribution in [0.1, 0.15) is 50.1 Å². The van der Waals surface area contributed by atoms with Crippen molar-refractivity contribution in [2.45, 2.75) is 51.4 Å². The van der Waals surface area contributed by atoms with Crippen LogP contribution >= 0.6 is 11.3 Å². The van der Waals surface area contributed by atoms with E-state index in [2.05, 4.69) is 24.1 Å². The Labute approximate surface area is 139 Å². The van der Waals surface area contributed by atoms with Gasteiger partial charge in [-0.1, -0.05) is 13.8 Å². The van der Waals surface area contributed by atoms with Crippen molar-refractivity contribution >= 4 is 28.5 Å². The number of hydrogen-bond acceptors (Lipinski definition) is 4. The van der Waals surface area contributed by atoms with Crippen LogP contribution in [0.2, 0.25) is 0 Å². The van der Waals surface area contributed by atoms with E-state index in [-0.39, 0.29) is 17.4 Å². The van der Waals surface area contributed by atoms with Crippen LogP contribution < -0.4 is 5.32 Å². The minimum absolute atomic E-state index is 0.0763. The monoisotopic (exact) mass is 337 g/mol. The predicted molar refractivity (Wildman–Crippen MR) is 89.0 cm³/mol. The number of carboxylic acid groups (broad SMARTS) is 1. The lowest BCUT2D eigenvalue weighted by Crippen LogP contribution is -2.42. The zero-order chi connectivity index (χ0) is 16.6. The number of thiazole rings is 1. The number of carboxylic acids is 1. The molecule has 1 aromatic heterocycles. The predicted octanol–water partition coefficient (Wildman–Crippen LogP) is 3.09. The molecule has 3 rings (SSSR count). The molecule has 2 heterocycles. The third-order valence-electron chi connectivity index (χ3n) is 4.89. The zero-order valence-corrected chi connectivity index (χ0v) is 14.4. The molecule has 2 aliphatic rings. The third-order valence-corrected chi connectivity index (χ3v) is 5.92. The van der Waals surface area contributed by atoms with Crippen molar-refractivity contribution in [1.82, 2.24) is 9.88 Å². The number of nitrogens with one attached hydrogen (secondary N) is 1. The minimum atomic E-state index is -0.764. The summed E-state index contributed by atoms with van der Waals surface area (Å²) in [5.74, 6) is -1.09. The van der Waals surface area contributed by atoms with Gasteiger partial charge in [-0.05, 0) is 32.1 Å². The molecule has 23 heavy (non-hydrogen) atoms. The maximum atomic E-state index is 12.4. The van der Waals surface area contributed by atoms with Crippen LogP contribution in [0, 0.1) is 5.92 Å². The number of carbonyl (C=O) groups excluding carboxylic acids is 1. The summed E-state index contributed by atoms with van der Waals surface area (Å²) in [6.07, 6.45) is 4.36. The van der Waals surface area contributed by atoms with Crippen LogP contribution in [0.15, 0.2) is 0 Å². The van der Waals surface area contributed by atoms with Crippen molar-refractivity contribution in [3.05, 3.63) is 10.6 Å². The van der Waals surface area contributed by atoms with E-state index >= 15 is 0 Å². The first-order valence-electron chi connectivity index (χ1n) is 8.16. The van der Waals surface area contributed by atoms with Gasteiger partial charge in [0.25, 0.3) is 0 Å². The lowest BCUT2D eigenvalue weighted by molar-refractivity contribution is -0.143. The first kappa shape index (κ1) is 16.2. The number of piperidine rings is 1. The summed E-state index contributed by atoms with van der Waals surface area (Å²) in [6, 6.07) is -0.169. The van der Waals surface area contributed by atoms with Gasteiger partial charge in [-0.15, -0.1) is 11.3 Å². The number of likely N-dealkylation sites (tertiary alicyclic amines) is 1. The number of anilines is 1. The summed E-state index contributed by atoms with van der Waals surface area (Å²) < 4.78 is 0. The number of rotatable bonds is 2. The van der Waals surface area contributed by atoms with E-state index in [9.17, 15) is 9.59 Å². The summed E-state index contributed by atoms with van der Waals surface area (Å²) in [4.78, 5) is 30.9. The van der Waals surface area contributed by atoms with E-state index in [1.54, 1.807) is 16.2 Å². The number of aliphatic carboxylic acids is 1. The number of fused-ring (bicyclic) bond motifs is 1. The van der Waals surface area contributed by atoms with Gasteiger partial charge in [0.15, 0.2) is 5.13 Å². The molecule has 0 atom stereocenters. The van der Waals surface area contributed by atoms with E-state index in [1.165, 1.54) is 4.88 Å². The van der Waals surface area contributed by atoms with Crippen LogP contribution in [0.3, 0.4) is 0 Å². The summed E-state index contributed by atoms with van der Waals surface area (Å²) in [5, 5.41) is 12.6. The highest BCUT2D eigenvalue weighted by molar-refractivity contribution is 7.15. The second-order valence-corrected chi connectivity index (χ2v) is 8.14. The number of aryl methyl sites for hydroxylation is 1. The number of nitrogens with zero attached hydrogens (tertiary/aromatic N) is 2. The Morgan fingerprint density at radius 1 is 1.35 bits per heavy atom. The van der Waals surface area contributed by atoms with Gasteiger partial charge in [-0.3, -0.25) is 10.1 Å². The van der Waals surface area contributed by atoms with Gasteiger partial charge in [0.1, 0.15) is 0 Å². The Kier molecular flexibility index (Phi) is 4.31. The van der Waals surface area contributed by atoms with Crippen LogP contribution in [0.5, 0.6) is 0 Å². The van der Waals surface area contributed by atoms with Crippen molar-refractivity contribution in [2.75, 3.05) is 18.4 Å². The average molecular weight is 337 g/mol. The van der Waals surface area contributed by atoms with Crippen molar-refractivity contribution in [2.24, 2.45) is 5.92 Å². The molecule has 6 nitrogen and oxygen atoms in total. The quantitative estimate of drug-likeness (QED) is 0.869. The Morgan fingerprint density at radius 2 is 2.04 bits per heavy atom. The lowest BCUT2D eigenvalue weighted by atomic mass is 9.79. The molecule has 1 fully saturated rings. The molecule has 1 aliphatic heterocycles. The van der Waals surface area contributed by atoms with E-state index < -0.39 is 5.97 Å². The van der Waals surface area contributed by atoms with Crippen molar-refractivity contribution in [1.29, 1.82) is 0 Å². The standard InChI is InChI=1S/C16H23N3O3S/c1-16(2)7-3-4-11-12(16)17-14(23-11)18-15(22)19-8-5-10(6-9-19)13(20)21/h10H,3-9H2,1-2H3,(H,20,21)(H,17,18,22). The van der Waals surface area contributed by atoms with E-state index in [4.69, 9.17) is 5.11 Å². The first-order chi connectivity index (χ1) is 10.9. The highest BCUT2D eigenvalue weighted by Crippen LogP contribution is 2.40. The highest BCUT2D eigenvalue weighted by Gasteiger charge is 2.32. The number of amides is 2. The molecule has 0 radical (unpaired) electrons. The summed E-state index contributed by atoms with van der Waals surface area (Å²) >= 11 is 1.57. The smallest absolute Gasteiger partial charge is 0.323 e. The number of carbonyl (C=O) groups is 2. The summed E-state index contributed by atoms with van der Waals surface area (Å²) in [5.41, 5.74) is 1.20. The van der Waals surface area contributed by atoms with Crippen molar-refractivity contribution in [3.8, 4) is 0 Å². The van der Waals surface area contributed by atoms with Gasteiger partial charge < -0.3 is 10.0 Å². The fraction of sp³-hybridized carbons (Fsp3) is 0.688. The number of aromatic nitrogens is 1. The molecular weight excluding hydrogens is 314 g/mol. The van der Waals surface area contributed by atoms with E-state index in [0.717, 1.165) is 25.0 Å². The van der Waals surface area contributed by atoms with Gasteiger partial charge >= 0.3 is 12.0 Å². The summed E-state index contributed by atoms with van der Waals surface area (Å²) in [6.45, 7) is 5.37. The molecule has 0 spiro atoms. The molecule has 1 saturated heterocycles. The first-order valence-corrected chi connectivity index (χ1v) is 8.97. The van der Waals surface area contributed by atoms with Crippen molar-refractivity contribution < 1.29 is 14.7 Å². The van der Waals surface area contributed by atoms with Gasteiger partial charge in [0.05, 0.1) is 11.6 Å². The topological polar surface area (TPSA) is 82.5 Å². The second kappa shape index (κ2) is 6.11. The Bertz CT molecular complexity index is 618. The molecule has 2 N–H and O–H groups in total. The van der Waals surface area contributed by atoms with Crippen LogP contribution in [-0.4, -0.2) is 40.1 Å². The second-order valence-electron chi connectivity index (χ2n) is 7.06. The van der Waals surface area contributed by atoms with Crippen molar-refractivity contribution in [3.63, 3.8) is 0 Å². The SMILES string of the molecule is CC1(C)CCCc2sc(NC(=O)N3CCC(C(=O)O)CC3)nc21. The molecule has 1 aliphatic carbocycles. The van der Waals surface area contributed by atoms with Gasteiger partial charge in [-0.25, -0.2) is 9.78 Å². The molecule has 2 amide bonds. The third kappa shape index (κ3) is 3.34. The average Bonchev–Trinajstić information content (AvgIpc) is 2.91.